The van der Waals surface area contributed by atoms with E-state index in [2.05, 4.69) is 57.3 Å². The van der Waals surface area contributed by atoms with Crippen LogP contribution in [0, 0.1) is 11.3 Å². The molecule has 2 unspecified atom stereocenters. The Balaban J connectivity index is 2.24. The third kappa shape index (κ3) is 3.44. The maximum Gasteiger partial charge on any atom is 0.0353 e. The summed E-state index contributed by atoms with van der Waals surface area (Å²) in [4.78, 5) is 0. The van der Waals surface area contributed by atoms with E-state index in [1.807, 2.05) is 0 Å². The third-order valence-corrected chi connectivity index (χ3v) is 5.16. The van der Waals surface area contributed by atoms with Gasteiger partial charge < -0.3 is 5.32 Å². The summed E-state index contributed by atoms with van der Waals surface area (Å²) in [6.45, 7) is 10.4. The van der Waals surface area contributed by atoms with Crippen LogP contribution < -0.4 is 5.32 Å². The summed E-state index contributed by atoms with van der Waals surface area (Å²) < 4.78 is 0. The summed E-state index contributed by atoms with van der Waals surface area (Å²) in [5, 5.41) is 3.76. The van der Waals surface area contributed by atoms with Crippen LogP contribution in [-0.4, -0.2) is 6.54 Å². The second-order valence-corrected chi connectivity index (χ2v) is 6.97. The van der Waals surface area contributed by atoms with Gasteiger partial charge in [-0.3, -0.25) is 0 Å². The first-order valence-corrected chi connectivity index (χ1v) is 8.40. The van der Waals surface area contributed by atoms with Gasteiger partial charge in [0.05, 0.1) is 0 Å². The highest BCUT2D eigenvalue weighted by Gasteiger charge is 2.37. The Morgan fingerprint density at radius 2 is 1.85 bits per heavy atom. The molecule has 0 saturated heterocycles. The van der Waals surface area contributed by atoms with Gasteiger partial charge in [0.1, 0.15) is 0 Å². The van der Waals surface area contributed by atoms with Crippen molar-refractivity contribution in [2.45, 2.75) is 65.8 Å². The van der Waals surface area contributed by atoms with Crippen molar-refractivity contribution in [3.8, 4) is 0 Å². The molecule has 0 heterocycles. The maximum absolute atomic E-state index is 3.76. The van der Waals surface area contributed by atoms with Crippen LogP contribution in [0.4, 0.5) is 0 Å². The molecule has 1 fully saturated rings. The van der Waals surface area contributed by atoms with Crippen LogP contribution in [-0.2, 0) is 6.42 Å². The van der Waals surface area contributed by atoms with Gasteiger partial charge in [0.25, 0.3) is 0 Å². The average molecular weight is 273 g/mol. The summed E-state index contributed by atoms with van der Waals surface area (Å²) >= 11 is 0. The molecule has 2 atom stereocenters. The van der Waals surface area contributed by atoms with Gasteiger partial charge in [0, 0.05) is 6.04 Å². The lowest BCUT2D eigenvalue weighted by Gasteiger charge is -2.43. The molecule has 1 aromatic carbocycles. The predicted molar refractivity (Wildman–Crippen MR) is 88.0 cm³/mol. The number of benzene rings is 1. The number of nitrogens with one attached hydrogen (secondary N) is 1. The summed E-state index contributed by atoms with van der Waals surface area (Å²) in [7, 11) is 0. The number of hydrogen-bond acceptors (Lipinski definition) is 1. The Bertz CT molecular complexity index is 404. The highest BCUT2D eigenvalue weighted by molar-refractivity contribution is 5.26. The molecule has 1 aliphatic rings. The second-order valence-electron chi connectivity index (χ2n) is 6.97. The molecule has 1 saturated carbocycles. The molecule has 0 aliphatic heterocycles. The standard InChI is InChI=1S/C19H31N/c1-5-15-10-12-16(13-11-15)18(20-6-2)17-9-7-8-14-19(17,3)4/h10-13,17-18,20H,5-9,14H2,1-4H3. The van der Waals surface area contributed by atoms with Gasteiger partial charge in [-0.25, -0.2) is 0 Å². The molecule has 1 aliphatic carbocycles. The van der Waals surface area contributed by atoms with Crippen LogP contribution in [0.2, 0.25) is 0 Å². The molecule has 1 nitrogen and oxygen atoms in total. The largest absolute Gasteiger partial charge is 0.310 e. The van der Waals surface area contributed by atoms with Crippen molar-refractivity contribution < 1.29 is 0 Å². The van der Waals surface area contributed by atoms with E-state index in [0.29, 0.717) is 11.5 Å². The zero-order valence-corrected chi connectivity index (χ0v) is 13.7. The molecule has 0 amide bonds. The van der Waals surface area contributed by atoms with E-state index in [4.69, 9.17) is 0 Å². The van der Waals surface area contributed by atoms with Crippen molar-refractivity contribution in [1.29, 1.82) is 0 Å². The van der Waals surface area contributed by atoms with Gasteiger partial charge in [-0.2, -0.15) is 0 Å². The van der Waals surface area contributed by atoms with E-state index < -0.39 is 0 Å². The van der Waals surface area contributed by atoms with Gasteiger partial charge in [0.15, 0.2) is 0 Å². The van der Waals surface area contributed by atoms with Crippen molar-refractivity contribution in [3.63, 3.8) is 0 Å². The lowest BCUT2D eigenvalue weighted by Crippen LogP contribution is -2.39. The van der Waals surface area contributed by atoms with Crippen molar-refractivity contribution in [2.24, 2.45) is 11.3 Å². The van der Waals surface area contributed by atoms with E-state index in [1.54, 1.807) is 0 Å². The van der Waals surface area contributed by atoms with Gasteiger partial charge >= 0.3 is 0 Å². The Morgan fingerprint density at radius 1 is 1.15 bits per heavy atom. The number of hydrogen-bond donors (Lipinski definition) is 1. The molecule has 1 heteroatoms. The van der Waals surface area contributed by atoms with Crippen LogP contribution in [0.3, 0.4) is 0 Å². The van der Waals surface area contributed by atoms with Crippen LogP contribution >= 0.6 is 0 Å². The molecule has 20 heavy (non-hydrogen) atoms. The Hall–Kier alpha value is -0.820. The molecule has 112 valence electrons. The first kappa shape index (κ1) is 15.6. The second kappa shape index (κ2) is 6.76. The zero-order valence-electron chi connectivity index (χ0n) is 13.7. The molecule has 2 rings (SSSR count). The monoisotopic (exact) mass is 273 g/mol. The van der Waals surface area contributed by atoms with Gasteiger partial charge in [-0.1, -0.05) is 64.8 Å². The molecular formula is C19H31N. The third-order valence-electron chi connectivity index (χ3n) is 5.16. The topological polar surface area (TPSA) is 12.0 Å². The molecular weight excluding hydrogens is 242 g/mol. The summed E-state index contributed by atoms with van der Waals surface area (Å²) in [6, 6.07) is 9.81. The van der Waals surface area contributed by atoms with Crippen LogP contribution in [0.5, 0.6) is 0 Å². The molecule has 1 aromatic rings. The van der Waals surface area contributed by atoms with Crippen molar-refractivity contribution >= 4 is 0 Å². The number of aryl methyl sites for hydroxylation is 1. The smallest absolute Gasteiger partial charge is 0.0353 e. The van der Waals surface area contributed by atoms with Gasteiger partial charge in [-0.05, 0) is 48.3 Å². The summed E-state index contributed by atoms with van der Waals surface area (Å²) in [5.41, 5.74) is 3.37. The lowest BCUT2D eigenvalue weighted by molar-refractivity contribution is 0.0988. The SMILES string of the molecule is CCNC(c1ccc(CC)cc1)C1CCCCC1(C)C. The minimum atomic E-state index is 0.453. The first-order valence-electron chi connectivity index (χ1n) is 8.40. The van der Waals surface area contributed by atoms with Gasteiger partial charge in [0.2, 0.25) is 0 Å². The Kier molecular flexibility index (Phi) is 5.26. The minimum absolute atomic E-state index is 0.453. The van der Waals surface area contributed by atoms with Gasteiger partial charge in [-0.15, -0.1) is 0 Å². The van der Waals surface area contributed by atoms with Crippen LogP contribution in [0.1, 0.15) is 70.5 Å². The Morgan fingerprint density at radius 3 is 2.40 bits per heavy atom. The fourth-order valence-electron chi connectivity index (χ4n) is 3.81. The van der Waals surface area contributed by atoms with E-state index >= 15 is 0 Å². The van der Waals surface area contributed by atoms with E-state index in [-0.39, 0.29) is 0 Å². The normalized spacial score (nSPS) is 23.5. The van der Waals surface area contributed by atoms with Crippen molar-refractivity contribution in [3.05, 3.63) is 35.4 Å². The van der Waals surface area contributed by atoms with Crippen molar-refractivity contribution in [2.75, 3.05) is 6.54 Å². The van der Waals surface area contributed by atoms with Crippen LogP contribution in [0.15, 0.2) is 24.3 Å². The molecule has 0 aromatic heterocycles. The highest BCUT2D eigenvalue weighted by Crippen LogP contribution is 2.46. The lowest BCUT2D eigenvalue weighted by atomic mass is 9.64. The first-order chi connectivity index (χ1) is 9.58. The fourth-order valence-corrected chi connectivity index (χ4v) is 3.81. The molecule has 0 bridgehead atoms. The fraction of sp³-hybridized carbons (Fsp3) is 0.684. The summed E-state index contributed by atoms with van der Waals surface area (Å²) in [6.07, 6.45) is 6.65. The summed E-state index contributed by atoms with van der Waals surface area (Å²) in [5.74, 6) is 0.753. The molecule has 1 N–H and O–H groups in total. The Labute approximate surface area is 125 Å². The zero-order chi connectivity index (χ0) is 14.6. The van der Waals surface area contributed by atoms with Crippen molar-refractivity contribution in [1.82, 2.24) is 5.32 Å². The molecule has 0 radical (unpaired) electrons. The predicted octanol–water partition coefficient (Wildman–Crippen LogP) is 5.12. The van der Waals surface area contributed by atoms with E-state index in [0.717, 1.165) is 18.9 Å². The van der Waals surface area contributed by atoms with Crippen LogP contribution in [0.25, 0.3) is 0 Å². The average Bonchev–Trinajstić information content (AvgIpc) is 2.45. The molecule has 0 spiro atoms. The number of rotatable bonds is 5. The highest BCUT2D eigenvalue weighted by atomic mass is 14.9. The minimum Gasteiger partial charge on any atom is -0.310 e. The van der Waals surface area contributed by atoms with E-state index in [9.17, 15) is 0 Å². The van der Waals surface area contributed by atoms with E-state index in [1.165, 1.54) is 36.8 Å². The maximum atomic E-state index is 3.76. The quantitative estimate of drug-likeness (QED) is 0.785.